The standard InChI is InChI=1S/C18H22N2O3S/c1-4-13(2)14-9-11-15(12-10-14)24(22,23)20-17-8-6-5-7-16(17)18(21)19-3/h5-13,20H,4H2,1-3H3,(H,19,21). The van der Waals surface area contributed by atoms with Crippen molar-refractivity contribution in [1.29, 1.82) is 0 Å². The Morgan fingerprint density at radius 3 is 2.29 bits per heavy atom. The number of carbonyl (C=O) groups excluding carboxylic acids is 1. The van der Waals surface area contributed by atoms with Crippen molar-refractivity contribution >= 4 is 21.6 Å². The summed E-state index contributed by atoms with van der Waals surface area (Å²) in [5.74, 6) is 0.0316. The van der Waals surface area contributed by atoms with E-state index >= 15 is 0 Å². The molecule has 2 N–H and O–H groups in total. The highest BCUT2D eigenvalue weighted by Gasteiger charge is 2.18. The smallest absolute Gasteiger partial charge is 0.261 e. The van der Waals surface area contributed by atoms with Crippen molar-refractivity contribution < 1.29 is 13.2 Å². The molecule has 0 aromatic heterocycles. The lowest BCUT2D eigenvalue weighted by molar-refractivity contribution is 0.0964. The van der Waals surface area contributed by atoms with E-state index in [4.69, 9.17) is 0 Å². The summed E-state index contributed by atoms with van der Waals surface area (Å²) in [5, 5.41) is 2.50. The second kappa shape index (κ2) is 7.49. The fourth-order valence-corrected chi connectivity index (χ4v) is 3.40. The first-order valence-electron chi connectivity index (χ1n) is 7.83. The molecular weight excluding hydrogens is 324 g/mol. The second-order valence-corrected chi connectivity index (χ2v) is 7.29. The van der Waals surface area contributed by atoms with Gasteiger partial charge in [-0.05, 0) is 42.2 Å². The Kier molecular flexibility index (Phi) is 5.62. The first-order valence-corrected chi connectivity index (χ1v) is 9.31. The number of hydrogen-bond acceptors (Lipinski definition) is 3. The van der Waals surface area contributed by atoms with E-state index in [1.165, 1.54) is 7.05 Å². The van der Waals surface area contributed by atoms with Crippen LogP contribution < -0.4 is 10.0 Å². The summed E-state index contributed by atoms with van der Waals surface area (Å²) in [4.78, 5) is 12.0. The number of para-hydroxylation sites is 1. The van der Waals surface area contributed by atoms with E-state index < -0.39 is 10.0 Å². The van der Waals surface area contributed by atoms with Gasteiger partial charge in [-0.3, -0.25) is 9.52 Å². The van der Waals surface area contributed by atoms with Gasteiger partial charge >= 0.3 is 0 Å². The van der Waals surface area contributed by atoms with Gasteiger partial charge in [0.15, 0.2) is 0 Å². The minimum Gasteiger partial charge on any atom is -0.355 e. The van der Waals surface area contributed by atoms with Crippen molar-refractivity contribution in [2.45, 2.75) is 31.1 Å². The van der Waals surface area contributed by atoms with Crippen LogP contribution in [0.3, 0.4) is 0 Å². The second-order valence-electron chi connectivity index (χ2n) is 5.61. The van der Waals surface area contributed by atoms with Crippen molar-refractivity contribution in [2.24, 2.45) is 0 Å². The maximum Gasteiger partial charge on any atom is 0.261 e. The van der Waals surface area contributed by atoms with Crippen LogP contribution in [0.2, 0.25) is 0 Å². The molecule has 1 amide bonds. The molecular formula is C18H22N2O3S. The van der Waals surface area contributed by atoms with Gasteiger partial charge in [0.1, 0.15) is 0 Å². The maximum atomic E-state index is 12.6. The SMILES string of the molecule is CCC(C)c1ccc(S(=O)(=O)Nc2ccccc2C(=O)NC)cc1. The summed E-state index contributed by atoms with van der Waals surface area (Å²) in [6.07, 6.45) is 0.990. The Hall–Kier alpha value is -2.34. The average molecular weight is 346 g/mol. The lowest BCUT2D eigenvalue weighted by atomic mass is 9.99. The first-order chi connectivity index (χ1) is 11.4. The third-order valence-electron chi connectivity index (χ3n) is 4.01. The van der Waals surface area contributed by atoms with Crippen LogP contribution in [-0.2, 0) is 10.0 Å². The monoisotopic (exact) mass is 346 g/mol. The van der Waals surface area contributed by atoms with Gasteiger partial charge in [-0.15, -0.1) is 0 Å². The zero-order valence-electron chi connectivity index (χ0n) is 14.0. The minimum atomic E-state index is -3.76. The predicted octanol–water partition coefficient (Wildman–Crippen LogP) is 3.36. The molecule has 24 heavy (non-hydrogen) atoms. The van der Waals surface area contributed by atoms with E-state index in [-0.39, 0.29) is 22.1 Å². The molecule has 0 bridgehead atoms. The summed E-state index contributed by atoms with van der Waals surface area (Å²) in [7, 11) is -2.26. The average Bonchev–Trinajstić information content (AvgIpc) is 2.60. The van der Waals surface area contributed by atoms with Gasteiger partial charge in [-0.2, -0.15) is 0 Å². The number of nitrogens with one attached hydrogen (secondary N) is 2. The number of sulfonamides is 1. The molecule has 1 unspecified atom stereocenters. The molecule has 2 aromatic carbocycles. The molecule has 0 saturated heterocycles. The quantitative estimate of drug-likeness (QED) is 0.842. The number of hydrogen-bond donors (Lipinski definition) is 2. The molecule has 128 valence electrons. The Morgan fingerprint density at radius 2 is 1.71 bits per heavy atom. The van der Waals surface area contributed by atoms with Gasteiger partial charge in [-0.1, -0.05) is 38.1 Å². The van der Waals surface area contributed by atoms with E-state index in [0.29, 0.717) is 5.92 Å². The number of amides is 1. The van der Waals surface area contributed by atoms with Gasteiger partial charge < -0.3 is 5.32 Å². The molecule has 0 heterocycles. The molecule has 0 radical (unpaired) electrons. The van der Waals surface area contributed by atoms with Crippen molar-refractivity contribution in [1.82, 2.24) is 5.32 Å². The van der Waals surface area contributed by atoms with Crippen LogP contribution in [0.4, 0.5) is 5.69 Å². The van der Waals surface area contributed by atoms with Gasteiger partial charge in [-0.25, -0.2) is 8.42 Å². The summed E-state index contributed by atoms with van der Waals surface area (Å²) in [5.41, 5.74) is 1.63. The predicted molar refractivity (Wildman–Crippen MR) is 95.8 cm³/mol. The molecule has 2 aromatic rings. The van der Waals surface area contributed by atoms with E-state index in [0.717, 1.165) is 12.0 Å². The molecule has 0 saturated carbocycles. The van der Waals surface area contributed by atoms with E-state index in [1.54, 1.807) is 36.4 Å². The van der Waals surface area contributed by atoms with Crippen molar-refractivity contribution in [3.05, 3.63) is 59.7 Å². The van der Waals surface area contributed by atoms with Crippen LogP contribution in [0.1, 0.15) is 42.1 Å². The lowest BCUT2D eigenvalue weighted by Gasteiger charge is -2.13. The van der Waals surface area contributed by atoms with Gasteiger partial charge in [0.2, 0.25) is 0 Å². The van der Waals surface area contributed by atoms with E-state index in [2.05, 4.69) is 23.9 Å². The number of anilines is 1. The number of carbonyl (C=O) groups is 1. The normalized spacial score (nSPS) is 12.5. The third-order valence-corrected chi connectivity index (χ3v) is 5.40. The molecule has 0 spiro atoms. The Bertz CT molecular complexity index is 814. The minimum absolute atomic E-state index is 0.168. The fourth-order valence-electron chi connectivity index (χ4n) is 2.32. The zero-order valence-corrected chi connectivity index (χ0v) is 14.9. The van der Waals surface area contributed by atoms with Crippen LogP contribution in [0.5, 0.6) is 0 Å². The molecule has 0 fully saturated rings. The molecule has 0 aliphatic carbocycles. The third kappa shape index (κ3) is 3.94. The highest BCUT2D eigenvalue weighted by molar-refractivity contribution is 7.92. The van der Waals surface area contributed by atoms with E-state index in [9.17, 15) is 13.2 Å². The maximum absolute atomic E-state index is 12.6. The summed E-state index contributed by atoms with van der Waals surface area (Å²) in [6.45, 7) is 4.19. The first kappa shape index (κ1) is 18.0. The Morgan fingerprint density at radius 1 is 1.08 bits per heavy atom. The summed E-state index contributed by atoms with van der Waals surface area (Å²) < 4.78 is 27.6. The van der Waals surface area contributed by atoms with Crippen LogP contribution in [0.25, 0.3) is 0 Å². The highest BCUT2D eigenvalue weighted by Crippen LogP contribution is 2.23. The summed E-state index contributed by atoms with van der Waals surface area (Å²) >= 11 is 0. The lowest BCUT2D eigenvalue weighted by Crippen LogP contribution is -2.21. The van der Waals surface area contributed by atoms with Crippen LogP contribution in [-0.4, -0.2) is 21.4 Å². The topological polar surface area (TPSA) is 75.3 Å². The molecule has 1 atom stereocenters. The van der Waals surface area contributed by atoms with Crippen LogP contribution >= 0.6 is 0 Å². The van der Waals surface area contributed by atoms with Crippen molar-refractivity contribution in [2.75, 3.05) is 11.8 Å². The number of benzene rings is 2. The van der Waals surface area contributed by atoms with Crippen molar-refractivity contribution in [3.63, 3.8) is 0 Å². The molecule has 0 aliphatic rings. The number of rotatable bonds is 6. The van der Waals surface area contributed by atoms with Crippen LogP contribution in [0, 0.1) is 0 Å². The van der Waals surface area contributed by atoms with Gasteiger partial charge in [0.05, 0.1) is 16.1 Å². The van der Waals surface area contributed by atoms with Crippen molar-refractivity contribution in [3.8, 4) is 0 Å². The summed E-state index contributed by atoms with van der Waals surface area (Å²) in [6, 6.07) is 13.3. The Labute approximate surface area is 143 Å². The highest BCUT2D eigenvalue weighted by atomic mass is 32.2. The molecule has 5 nitrogen and oxygen atoms in total. The molecule has 2 rings (SSSR count). The zero-order chi connectivity index (χ0) is 17.7. The largest absolute Gasteiger partial charge is 0.355 e. The van der Waals surface area contributed by atoms with Gasteiger partial charge in [0.25, 0.3) is 15.9 Å². The van der Waals surface area contributed by atoms with Crippen LogP contribution in [0.15, 0.2) is 53.4 Å². The fraction of sp³-hybridized carbons (Fsp3) is 0.278. The molecule has 6 heteroatoms. The van der Waals surface area contributed by atoms with E-state index in [1.807, 2.05) is 12.1 Å². The van der Waals surface area contributed by atoms with Gasteiger partial charge in [0, 0.05) is 7.05 Å². The Balaban J connectivity index is 2.31. The molecule has 0 aliphatic heterocycles.